The molecular formula is C15H14BrN3O2. The van der Waals surface area contributed by atoms with Crippen molar-refractivity contribution < 1.29 is 9.59 Å². The topological polar surface area (TPSA) is 71.1 Å². The third kappa shape index (κ3) is 4.39. The zero-order valence-corrected chi connectivity index (χ0v) is 13.0. The van der Waals surface area contributed by atoms with E-state index in [1.807, 2.05) is 0 Å². The van der Waals surface area contributed by atoms with Gasteiger partial charge in [-0.3, -0.25) is 9.59 Å². The maximum atomic E-state index is 12.0. The van der Waals surface area contributed by atoms with Gasteiger partial charge in [0.1, 0.15) is 4.60 Å². The first-order valence-electron chi connectivity index (χ1n) is 6.41. The number of nitrogens with one attached hydrogen (secondary N) is 2. The average Bonchev–Trinajstić information content (AvgIpc) is 2.49. The van der Waals surface area contributed by atoms with E-state index in [2.05, 4.69) is 31.5 Å². The first-order chi connectivity index (χ1) is 10.1. The van der Waals surface area contributed by atoms with Crippen LogP contribution in [0.5, 0.6) is 0 Å². The van der Waals surface area contributed by atoms with E-state index in [1.165, 1.54) is 6.20 Å². The summed E-state index contributed by atoms with van der Waals surface area (Å²) in [6.45, 7) is 1.79. The van der Waals surface area contributed by atoms with Gasteiger partial charge < -0.3 is 10.6 Å². The number of halogens is 1. The summed E-state index contributed by atoms with van der Waals surface area (Å²) >= 11 is 3.22. The van der Waals surface area contributed by atoms with Gasteiger partial charge in [0.2, 0.25) is 5.91 Å². The van der Waals surface area contributed by atoms with Gasteiger partial charge >= 0.3 is 0 Å². The number of rotatable bonds is 4. The fourth-order valence-corrected chi connectivity index (χ4v) is 1.83. The standard InChI is InChI=1S/C15H14BrN3O2/c1-2-14(20)18-11-4-6-12(7-5-11)19-15(21)10-3-8-13(16)17-9-10/h3-9H,2H2,1H3,(H,18,20)(H,19,21). The summed E-state index contributed by atoms with van der Waals surface area (Å²) in [6, 6.07) is 10.3. The number of benzene rings is 1. The SMILES string of the molecule is CCC(=O)Nc1ccc(NC(=O)c2ccc(Br)nc2)cc1. The minimum absolute atomic E-state index is 0.0484. The number of amides is 2. The molecule has 0 saturated carbocycles. The molecule has 0 aliphatic heterocycles. The van der Waals surface area contributed by atoms with E-state index in [1.54, 1.807) is 43.3 Å². The van der Waals surface area contributed by atoms with Crippen LogP contribution in [0.2, 0.25) is 0 Å². The Labute approximate surface area is 130 Å². The predicted octanol–water partition coefficient (Wildman–Crippen LogP) is 3.44. The fourth-order valence-electron chi connectivity index (χ4n) is 1.60. The Morgan fingerprint density at radius 2 is 1.67 bits per heavy atom. The summed E-state index contributed by atoms with van der Waals surface area (Å²) in [7, 11) is 0. The van der Waals surface area contributed by atoms with E-state index >= 15 is 0 Å². The molecule has 0 unspecified atom stereocenters. The molecule has 2 N–H and O–H groups in total. The number of anilines is 2. The maximum absolute atomic E-state index is 12.0. The number of pyridine rings is 1. The molecule has 5 nitrogen and oxygen atoms in total. The minimum atomic E-state index is -0.236. The van der Waals surface area contributed by atoms with Crippen LogP contribution in [0.15, 0.2) is 47.2 Å². The molecule has 0 spiro atoms. The smallest absolute Gasteiger partial charge is 0.257 e. The molecule has 1 aromatic heterocycles. The highest BCUT2D eigenvalue weighted by molar-refractivity contribution is 9.10. The van der Waals surface area contributed by atoms with Gasteiger partial charge in [0.05, 0.1) is 5.56 Å². The van der Waals surface area contributed by atoms with Gasteiger partial charge in [-0.25, -0.2) is 4.98 Å². The molecule has 0 radical (unpaired) electrons. The lowest BCUT2D eigenvalue weighted by molar-refractivity contribution is -0.115. The molecule has 1 aromatic carbocycles. The number of carbonyl (C=O) groups excluding carboxylic acids is 2. The van der Waals surface area contributed by atoms with Crippen LogP contribution in [0.4, 0.5) is 11.4 Å². The van der Waals surface area contributed by atoms with E-state index in [0.717, 1.165) is 0 Å². The molecule has 108 valence electrons. The quantitative estimate of drug-likeness (QED) is 0.832. The second-order valence-corrected chi connectivity index (χ2v) is 5.12. The Kier molecular flexibility index (Phi) is 5.05. The number of aromatic nitrogens is 1. The summed E-state index contributed by atoms with van der Waals surface area (Å²) in [5.74, 6) is -0.284. The third-order valence-corrected chi connectivity index (χ3v) is 3.21. The molecule has 0 bridgehead atoms. The normalized spacial score (nSPS) is 10.0. The monoisotopic (exact) mass is 347 g/mol. The van der Waals surface area contributed by atoms with Crippen LogP contribution in [0.25, 0.3) is 0 Å². The van der Waals surface area contributed by atoms with Crippen molar-refractivity contribution in [1.82, 2.24) is 4.98 Å². The molecule has 0 aliphatic rings. The van der Waals surface area contributed by atoms with Crippen molar-refractivity contribution in [3.8, 4) is 0 Å². The van der Waals surface area contributed by atoms with Gasteiger partial charge in [0.25, 0.3) is 5.91 Å². The molecular weight excluding hydrogens is 334 g/mol. The van der Waals surface area contributed by atoms with Crippen molar-refractivity contribution in [3.05, 3.63) is 52.8 Å². The van der Waals surface area contributed by atoms with Gasteiger partial charge in [-0.1, -0.05) is 6.92 Å². The van der Waals surface area contributed by atoms with Crippen molar-refractivity contribution >= 4 is 39.1 Å². The van der Waals surface area contributed by atoms with E-state index < -0.39 is 0 Å². The Morgan fingerprint density at radius 1 is 1.05 bits per heavy atom. The molecule has 2 rings (SSSR count). The largest absolute Gasteiger partial charge is 0.326 e. The molecule has 2 aromatic rings. The second kappa shape index (κ2) is 6.99. The highest BCUT2D eigenvalue weighted by atomic mass is 79.9. The molecule has 1 heterocycles. The average molecular weight is 348 g/mol. The molecule has 0 fully saturated rings. The van der Waals surface area contributed by atoms with E-state index in [9.17, 15) is 9.59 Å². The number of carbonyl (C=O) groups is 2. The first kappa shape index (κ1) is 15.2. The van der Waals surface area contributed by atoms with Crippen LogP contribution in [0, 0.1) is 0 Å². The van der Waals surface area contributed by atoms with E-state index in [0.29, 0.717) is 28.0 Å². The lowest BCUT2D eigenvalue weighted by atomic mass is 10.2. The maximum Gasteiger partial charge on any atom is 0.257 e. The summed E-state index contributed by atoms with van der Waals surface area (Å²) in [6.07, 6.45) is 1.92. The van der Waals surface area contributed by atoms with Crippen LogP contribution in [0.3, 0.4) is 0 Å². The Bertz CT molecular complexity index is 639. The lowest BCUT2D eigenvalue weighted by Crippen LogP contribution is -2.12. The first-order valence-corrected chi connectivity index (χ1v) is 7.20. The van der Waals surface area contributed by atoms with Gasteiger partial charge in [-0.2, -0.15) is 0 Å². The summed E-state index contributed by atoms with van der Waals surface area (Å²) < 4.78 is 0.676. The van der Waals surface area contributed by atoms with E-state index in [-0.39, 0.29) is 11.8 Å². The second-order valence-electron chi connectivity index (χ2n) is 4.30. The number of hydrogen-bond acceptors (Lipinski definition) is 3. The molecule has 0 aliphatic carbocycles. The third-order valence-electron chi connectivity index (χ3n) is 2.74. The van der Waals surface area contributed by atoms with Crippen molar-refractivity contribution in [1.29, 1.82) is 0 Å². The molecule has 6 heteroatoms. The number of nitrogens with zero attached hydrogens (tertiary/aromatic N) is 1. The molecule has 0 saturated heterocycles. The van der Waals surface area contributed by atoms with Crippen molar-refractivity contribution in [2.75, 3.05) is 10.6 Å². The number of hydrogen-bond donors (Lipinski definition) is 2. The van der Waals surface area contributed by atoms with Crippen molar-refractivity contribution in [2.45, 2.75) is 13.3 Å². The highest BCUT2D eigenvalue weighted by Crippen LogP contribution is 2.15. The van der Waals surface area contributed by atoms with Crippen LogP contribution in [-0.4, -0.2) is 16.8 Å². The van der Waals surface area contributed by atoms with Gasteiger partial charge in [0, 0.05) is 24.0 Å². The lowest BCUT2D eigenvalue weighted by Gasteiger charge is -2.07. The van der Waals surface area contributed by atoms with Gasteiger partial charge in [-0.15, -0.1) is 0 Å². The van der Waals surface area contributed by atoms with Gasteiger partial charge in [-0.05, 0) is 52.3 Å². The van der Waals surface area contributed by atoms with Crippen molar-refractivity contribution in [3.63, 3.8) is 0 Å². The Hall–Kier alpha value is -2.21. The predicted molar refractivity (Wildman–Crippen MR) is 85.3 cm³/mol. The van der Waals surface area contributed by atoms with Gasteiger partial charge in [0.15, 0.2) is 0 Å². The minimum Gasteiger partial charge on any atom is -0.326 e. The molecule has 0 atom stereocenters. The molecule has 2 amide bonds. The summed E-state index contributed by atoms with van der Waals surface area (Å²) in [4.78, 5) is 27.3. The summed E-state index contributed by atoms with van der Waals surface area (Å²) in [5.41, 5.74) is 1.82. The Balaban J connectivity index is 2.01. The highest BCUT2D eigenvalue weighted by Gasteiger charge is 2.06. The van der Waals surface area contributed by atoms with Crippen molar-refractivity contribution in [2.24, 2.45) is 0 Å². The zero-order chi connectivity index (χ0) is 15.2. The Morgan fingerprint density at radius 3 is 2.19 bits per heavy atom. The van der Waals surface area contributed by atoms with Crippen LogP contribution < -0.4 is 10.6 Å². The fraction of sp³-hybridized carbons (Fsp3) is 0.133. The van der Waals surface area contributed by atoms with Crippen LogP contribution in [-0.2, 0) is 4.79 Å². The van der Waals surface area contributed by atoms with Crippen LogP contribution >= 0.6 is 15.9 Å². The van der Waals surface area contributed by atoms with E-state index in [4.69, 9.17) is 0 Å². The zero-order valence-electron chi connectivity index (χ0n) is 11.4. The molecule has 21 heavy (non-hydrogen) atoms. The summed E-state index contributed by atoms with van der Waals surface area (Å²) in [5, 5.41) is 5.51. The van der Waals surface area contributed by atoms with Crippen LogP contribution in [0.1, 0.15) is 23.7 Å².